The predicted octanol–water partition coefficient (Wildman–Crippen LogP) is 5.62. The third-order valence-electron chi connectivity index (χ3n) is 8.49. The van der Waals surface area contributed by atoms with E-state index in [1.165, 1.54) is 5.56 Å². The van der Waals surface area contributed by atoms with Crippen molar-refractivity contribution in [3.8, 4) is 33.9 Å². The number of likely N-dealkylation sites (tertiary alicyclic amines) is 1. The molecule has 0 saturated carbocycles. The predicted molar refractivity (Wildman–Crippen MR) is 170 cm³/mol. The van der Waals surface area contributed by atoms with Gasteiger partial charge in [-0.2, -0.15) is 5.21 Å². The monoisotopic (exact) mass is 579 g/mol. The van der Waals surface area contributed by atoms with Gasteiger partial charge in [0.1, 0.15) is 0 Å². The van der Waals surface area contributed by atoms with Gasteiger partial charge in [-0.25, -0.2) is 14.8 Å². The van der Waals surface area contributed by atoms with Crippen molar-refractivity contribution in [3.05, 3.63) is 113 Å². The number of para-hydroxylation sites is 2. The van der Waals surface area contributed by atoms with Crippen LogP contribution in [0.25, 0.3) is 56.0 Å². The third kappa shape index (κ3) is 4.84. The van der Waals surface area contributed by atoms with Crippen LogP contribution in [0.1, 0.15) is 24.4 Å². The number of fused-ring (bicyclic) bond motifs is 2. The quantitative estimate of drug-likeness (QED) is 0.262. The van der Waals surface area contributed by atoms with Crippen LogP contribution >= 0.6 is 0 Å². The third-order valence-corrected chi connectivity index (χ3v) is 8.49. The van der Waals surface area contributed by atoms with Crippen molar-refractivity contribution in [3.63, 3.8) is 0 Å². The molecule has 0 aliphatic carbocycles. The summed E-state index contributed by atoms with van der Waals surface area (Å²) in [6, 6.07) is 32.8. The van der Waals surface area contributed by atoms with Gasteiger partial charge in [-0.05, 0) is 54.0 Å². The van der Waals surface area contributed by atoms with E-state index in [0.717, 1.165) is 82.6 Å². The van der Waals surface area contributed by atoms with E-state index in [0.29, 0.717) is 5.82 Å². The zero-order chi connectivity index (χ0) is 29.5. The minimum Gasteiger partial charge on any atom is -0.306 e. The molecule has 1 saturated heterocycles. The van der Waals surface area contributed by atoms with Crippen molar-refractivity contribution in [2.24, 2.45) is 0 Å². The van der Waals surface area contributed by atoms with Crippen LogP contribution in [0.15, 0.2) is 102 Å². The molecule has 1 fully saturated rings. The maximum atomic E-state index is 12.7. The molecule has 10 nitrogen and oxygen atoms in total. The Morgan fingerprint density at radius 2 is 1.45 bits per heavy atom. The fraction of sp³-hybridized carbons (Fsp3) is 0.176. The van der Waals surface area contributed by atoms with Crippen molar-refractivity contribution in [2.75, 3.05) is 13.1 Å². The molecule has 8 rings (SSSR count). The smallest absolute Gasteiger partial charge is 0.306 e. The number of aromatic nitrogens is 8. The molecule has 1 aliphatic heterocycles. The van der Waals surface area contributed by atoms with E-state index >= 15 is 0 Å². The molecule has 216 valence electrons. The average Bonchev–Trinajstić information content (AvgIpc) is 3.73. The lowest BCUT2D eigenvalue weighted by Gasteiger charge is -2.32. The molecule has 0 spiro atoms. The summed E-state index contributed by atoms with van der Waals surface area (Å²) in [5, 5.41) is 14.4. The maximum absolute atomic E-state index is 12.7. The van der Waals surface area contributed by atoms with E-state index in [-0.39, 0.29) is 11.7 Å². The number of hydrogen-bond acceptors (Lipinski definition) is 7. The van der Waals surface area contributed by atoms with Gasteiger partial charge in [-0.3, -0.25) is 9.47 Å². The molecule has 4 heterocycles. The largest absolute Gasteiger partial charge is 0.326 e. The first kappa shape index (κ1) is 26.2. The SMILES string of the molecule is O=c1[nH]c2ccccc2n1C1CCN(Cc2ccc(-c3nc4cc(-c5nn[nH]n5)ccc4nc3-c3ccccc3)cc2)CC1. The van der Waals surface area contributed by atoms with Gasteiger partial charge in [0.15, 0.2) is 0 Å². The highest BCUT2D eigenvalue weighted by Crippen LogP contribution is 2.33. The van der Waals surface area contributed by atoms with Crippen LogP contribution in [0.3, 0.4) is 0 Å². The number of tetrazole rings is 1. The van der Waals surface area contributed by atoms with Gasteiger partial charge in [0, 0.05) is 42.4 Å². The van der Waals surface area contributed by atoms with Gasteiger partial charge in [0.2, 0.25) is 5.82 Å². The highest BCUT2D eigenvalue weighted by atomic mass is 16.1. The Labute approximate surface area is 252 Å². The first-order valence-electron chi connectivity index (χ1n) is 14.8. The van der Waals surface area contributed by atoms with Crippen LogP contribution in [0, 0.1) is 0 Å². The number of nitrogens with zero attached hydrogens (tertiary/aromatic N) is 7. The molecule has 2 N–H and O–H groups in total. The van der Waals surface area contributed by atoms with Gasteiger partial charge in [0.05, 0.1) is 33.5 Å². The molecule has 0 amide bonds. The lowest BCUT2D eigenvalue weighted by Crippen LogP contribution is -2.36. The molecule has 0 radical (unpaired) electrons. The Kier molecular flexibility index (Phi) is 6.53. The summed E-state index contributed by atoms with van der Waals surface area (Å²) in [6.45, 7) is 2.74. The summed E-state index contributed by atoms with van der Waals surface area (Å²) in [6.07, 6.45) is 1.89. The number of aromatic amines is 2. The van der Waals surface area contributed by atoms with Crippen LogP contribution in [-0.2, 0) is 6.54 Å². The molecule has 44 heavy (non-hydrogen) atoms. The van der Waals surface area contributed by atoms with E-state index < -0.39 is 0 Å². The molecular formula is C34H29N9O. The molecule has 10 heteroatoms. The maximum Gasteiger partial charge on any atom is 0.326 e. The number of nitrogens with one attached hydrogen (secondary N) is 2. The number of hydrogen-bond donors (Lipinski definition) is 2. The fourth-order valence-corrected chi connectivity index (χ4v) is 6.27. The standard InChI is InChI=1S/C34H29N9O/c44-34-37-28-8-4-5-9-30(28)43(34)26-16-18-42(19-17-26)21-22-10-12-24(13-11-22)32-31(23-6-2-1-3-7-23)35-27-15-14-25(20-29(27)36-32)33-38-40-41-39-33/h1-15,20,26H,16-19,21H2,(H,37,44)(H,38,39,40,41). The van der Waals surface area contributed by atoms with Crippen LogP contribution in [0.5, 0.6) is 0 Å². The summed E-state index contributed by atoms with van der Waals surface area (Å²) in [5.41, 5.74) is 9.20. The molecular weight excluding hydrogens is 550 g/mol. The van der Waals surface area contributed by atoms with Crippen LogP contribution in [-0.4, -0.2) is 58.1 Å². The lowest BCUT2D eigenvalue weighted by molar-refractivity contribution is 0.180. The Bertz CT molecular complexity index is 2130. The van der Waals surface area contributed by atoms with E-state index in [4.69, 9.17) is 9.97 Å². The molecule has 7 aromatic rings. The lowest BCUT2D eigenvalue weighted by atomic mass is 10.0. The molecule has 1 aliphatic rings. The second kappa shape index (κ2) is 11.0. The van der Waals surface area contributed by atoms with Gasteiger partial charge < -0.3 is 4.98 Å². The van der Waals surface area contributed by atoms with Gasteiger partial charge in [-0.15, -0.1) is 10.2 Å². The minimum absolute atomic E-state index is 0.0158. The summed E-state index contributed by atoms with van der Waals surface area (Å²) >= 11 is 0. The highest BCUT2D eigenvalue weighted by molar-refractivity contribution is 5.88. The molecule has 0 atom stereocenters. The number of rotatable bonds is 6. The Morgan fingerprint density at radius 1 is 0.750 bits per heavy atom. The second-order valence-corrected chi connectivity index (χ2v) is 11.2. The normalized spacial score (nSPS) is 14.5. The average molecular weight is 580 g/mol. The number of benzene rings is 4. The Hall–Kier alpha value is -5.48. The van der Waals surface area contributed by atoms with Crippen LogP contribution in [0.2, 0.25) is 0 Å². The Balaban J connectivity index is 1.04. The van der Waals surface area contributed by atoms with Crippen LogP contribution in [0.4, 0.5) is 0 Å². The topological polar surface area (TPSA) is 121 Å². The Morgan fingerprint density at radius 3 is 2.23 bits per heavy atom. The van der Waals surface area contributed by atoms with Gasteiger partial charge in [0.25, 0.3) is 0 Å². The summed E-state index contributed by atoms with van der Waals surface area (Å²) in [7, 11) is 0. The summed E-state index contributed by atoms with van der Waals surface area (Å²) < 4.78 is 1.95. The van der Waals surface area contributed by atoms with Crippen molar-refractivity contribution < 1.29 is 0 Å². The highest BCUT2D eigenvalue weighted by Gasteiger charge is 2.24. The number of H-pyrrole nitrogens is 2. The molecule has 0 unspecified atom stereocenters. The van der Waals surface area contributed by atoms with E-state index in [2.05, 4.69) is 66.9 Å². The van der Waals surface area contributed by atoms with Gasteiger partial charge in [-0.1, -0.05) is 66.7 Å². The molecule has 3 aromatic heterocycles. The van der Waals surface area contributed by atoms with Crippen LogP contribution < -0.4 is 5.69 Å². The second-order valence-electron chi connectivity index (χ2n) is 11.2. The zero-order valence-electron chi connectivity index (χ0n) is 23.9. The van der Waals surface area contributed by atoms with E-state index in [9.17, 15) is 4.79 Å². The molecule has 0 bridgehead atoms. The minimum atomic E-state index is -0.0158. The van der Waals surface area contributed by atoms with Crippen molar-refractivity contribution in [1.82, 2.24) is 45.0 Å². The summed E-state index contributed by atoms with van der Waals surface area (Å²) in [5.74, 6) is 0.518. The van der Waals surface area contributed by atoms with Crippen molar-refractivity contribution in [1.29, 1.82) is 0 Å². The fourth-order valence-electron chi connectivity index (χ4n) is 6.27. The molecule has 4 aromatic carbocycles. The number of imidazole rings is 1. The van der Waals surface area contributed by atoms with E-state index in [1.54, 1.807) is 0 Å². The number of piperidine rings is 1. The van der Waals surface area contributed by atoms with Gasteiger partial charge >= 0.3 is 5.69 Å². The first-order chi connectivity index (χ1) is 21.7. The van der Waals surface area contributed by atoms with E-state index in [1.807, 2.05) is 65.2 Å². The van der Waals surface area contributed by atoms with Crippen molar-refractivity contribution >= 4 is 22.1 Å². The zero-order valence-corrected chi connectivity index (χ0v) is 23.9. The summed E-state index contributed by atoms with van der Waals surface area (Å²) in [4.78, 5) is 28.3. The first-order valence-corrected chi connectivity index (χ1v) is 14.8. The van der Waals surface area contributed by atoms with Crippen molar-refractivity contribution in [2.45, 2.75) is 25.4 Å².